The second kappa shape index (κ2) is 5.92. The first-order chi connectivity index (χ1) is 7.77. The zero-order valence-electron chi connectivity index (χ0n) is 9.65. The molecule has 3 nitrogen and oxygen atoms in total. The Balaban J connectivity index is 1.84. The highest BCUT2D eigenvalue weighted by Crippen LogP contribution is 2.24. The lowest BCUT2D eigenvalue weighted by atomic mass is 10.0. The number of hydrogen-bond donors (Lipinski definition) is 2. The quantitative estimate of drug-likeness (QED) is 0.723. The van der Waals surface area contributed by atoms with Crippen molar-refractivity contribution in [3.63, 3.8) is 0 Å². The van der Waals surface area contributed by atoms with Crippen LogP contribution in [0.2, 0.25) is 0 Å². The van der Waals surface area contributed by atoms with Crippen molar-refractivity contribution in [3.8, 4) is 0 Å². The largest absolute Gasteiger partial charge is 0.391 e. The van der Waals surface area contributed by atoms with Gasteiger partial charge < -0.3 is 10.4 Å². The molecule has 4 heteroatoms. The molecule has 2 aliphatic rings. The average molecular weight is 243 g/mol. The van der Waals surface area contributed by atoms with Crippen LogP contribution < -0.4 is 5.32 Å². The van der Waals surface area contributed by atoms with Gasteiger partial charge in [0.2, 0.25) is 5.91 Å². The van der Waals surface area contributed by atoms with Crippen molar-refractivity contribution in [2.45, 2.75) is 50.7 Å². The van der Waals surface area contributed by atoms with Gasteiger partial charge in [0.05, 0.1) is 12.1 Å². The van der Waals surface area contributed by atoms with Crippen LogP contribution in [0.15, 0.2) is 0 Å². The highest BCUT2D eigenvalue weighted by Gasteiger charge is 2.28. The molecule has 1 saturated heterocycles. The highest BCUT2D eigenvalue weighted by molar-refractivity contribution is 7.99. The van der Waals surface area contributed by atoms with E-state index in [4.69, 9.17) is 0 Å². The number of carbonyl (C=O) groups is 1. The molecular formula is C12H21NO2S. The molecule has 3 unspecified atom stereocenters. The van der Waals surface area contributed by atoms with Gasteiger partial charge in [0.25, 0.3) is 0 Å². The molecule has 1 saturated carbocycles. The van der Waals surface area contributed by atoms with Crippen LogP contribution in [0.4, 0.5) is 0 Å². The fourth-order valence-electron chi connectivity index (χ4n) is 2.50. The van der Waals surface area contributed by atoms with Crippen molar-refractivity contribution in [1.82, 2.24) is 5.32 Å². The van der Waals surface area contributed by atoms with Crippen molar-refractivity contribution >= 4 is 17.7 Å². The van der Waals surface area contributed by atoms with Crippen molar-refractivity contribution in [2.24, 2.45) is 5.92 Å². The summed E-state index contributed by atoms with van der Waals surface area (Å²) in [5.74, 6) is 2.40. The fraction of sp³-hybridized carbons (Fsp3) is 0.917. The minimum absolute atomic E-state index is 0.000556. The predicted octanol–water partition coefficient (Wildman–Crippen LogP) is 1.55. The van der Waals surface area contributed by atoms with Crippen LogP contribution in [0.1, 0.15) is 38.5 Å². The molecule has 0 bridgehead atoms. The van der Waals surface area contributed by atoms with Crippen LogP contribution in [0.5, 0.6) is 0 Å². The Kier molecular flexibility index (Phi) is 4.53. The van der Waals surface area contributed by atoms with Crippen LogP contribution in [-0.2, 0) is 4.79 Å². The number of hydrogen-bond acceptors (Lipinski definition) is 3. The standard InChI is InChI=1S/C12H21NO2S/c14-11-5-3-1-2-4-10(11)13-12(15)9-6-7-16-8-9/h9-11,14H,1-8H2,(H,13,15). The van der Waals surface area contributed by atoms with E-state index in [0.717, 1.165) is 43.6 Å². The molecule has 0 spiro atoms. The van der Waals surface area contributed by atoms with Gasteiger partial charge in [0, 0.05) is 11.7 Å². The molecule has 0 aromatic rings. The van der Waals surface area contributed by atoms with Crippen molar-refractivity contribution in [2.75, 3.05) is 11.5 Å². The molecule has 1 heterocycles. The van der Waals surface area contributed by atoms with Gasteiger partial charge in [-0.3, -0.25) is 4.79 Å². The summed E-state index contributed by atoms with van der Waals surface area (Å²) in [5.41, 5.74) is 0. The van der Waals surface area contributed by atoms with Crippen LogP contribution >= 0.6 is 11.8 Å². The van der Waals surface area contributed by atoms with Crippen molar-refractivity contribution in [3.05, 3.63) is 0 Å². The number of aliphatic hydroxyl groups is 1. The lowest BCUT2D eigenvalue weighted by Crippen LogP contribution is -2.45. The minimum atomic E-state index is -0.333. The van der Waals surface area contributed by atoms with Crippen LogP contribution in [0.25, 0.3) is 0 Å². The molecule has 2 N–H and O–H groups in total. The number of rotatable bonds is 2. The highest BCUT2D eigenvalue weighted by atomic mass is 32.2. The Morgan fingerprint density at radius 2 is 2.00 bits per heavy atom. The summed E-state index contributed by atoms with van der Waals surface area (Å²) in [6.07, 6.45) is 5.84. The first kappa shape index (κ1) is 12.2. The molecule has 1 aliphatic heterocycles. The molecule has 0 aromatic carbocycles. The number of aliphatic hydroxyl groups excluding tert-OH is 1. The molecule has 3 atom stereocenters. The fourth-order valence-corrected chi connectivity index (χ4v) is 3.72. The summed E-state index contributed by atoms with van der Waals surface area (Å²) in [7, 11) is 0. The summed E-state index contributed by atoms with van der Waals surface area (Å²) in [5, 5.41) is 13.0. The zero-order valence-corrected chi connectivity index (χ0v) is 10.5. The Hall–Kier alpha value is -0.220. The third-order valence-electron chi connectivity index (χ3n) is 3.61. The Bertz CT molecular complexity index is 241. The molecule has 16 heavy (non-hydrogen) atoms. The Morgan fingerprint density at radius 3 is 2.75 bits per heavy atom. The number of carbonyl (C=O) groups excluding carboxylic acids is 1. The SMILES string of the molecule is O=C(NC1CCCCCC1O)C1CCSC1. The van der Waals surface area contributed by atoms with Gasteiger partial charge in [-0.2, -0.15) is 11.8 Å². The summed E-state index contributed by atoms with van der Waals surface area (Å²) >= 11 is 1.85. The smallest absolute Gasteiger partial charge is 0.224 e. The monoisotopic (exact) mass is 243 g/mol. The van der Waals surface area contributed by atoms with Crippen LogP contribution in [0.3, 0.4) is 0 Å². The zero-order chi connectivity index (χ0) is 11.4. The molecule has 1 aliphatic carbocycles. The summed E-state index contributed by atoms with van der Waals surface area (Å²) in [4.78, 5) is 11.9. The van der Waals surface area contributed by atoms with E-state index in [1.807, 2.05) is 11.8 Å². The predicted molar refractivity (Wildman–Crippen MR) is 66.5 cm³/mol. The molecule has 0 aromatic heterocycles. The normalized spacial score (nSPS) is 35.7. The molecule has 92 valence electrons. The van der Waals surface area contributed by atoms with E-state index in [2.05, 4.69) is 5.32 Å². The van der Waals surface area contributed by atoms with Crippen molar-refractivity contribution in [1.29, 1.82) is 0 Å². The van der Waals surface area contributed by atoms with Crippen molar-refractivity contribution < 1.29 is 9.90 Å². The first-order valence-electron chi connectivity index (χ1n) is 6.33. The van der Waals surface area contributed by atoms with E-state index in [1.54, 1.807) is 0 Å². The van der Waals surface area contributed by atoms with Gasteiger partial charge in [0.15, 0.2) is 0 Å². The van der Waals surface area contributed by atoms with E-state index in [0.29, 0.717) is 0 Å². The number of amides is 1. The third kappa shape index (κ3) is 3.14. The molecule has 2 fully saturated rings. The van der Waals surface area contributed by atoms with Gasteiger partial charge in [-0.05, 0) is 25.0 Å². The van der Waals surface area contributed by atoms with E-state index in [-0.39, 0.29) is 24.0 Å². The lowest BCUT2D eigenvalue weighted by Gasteiger charge is -2.23. The maximum atomic E-state index is 11.9. The summed E-state index contributed by atoms with van der Waals surface area (Å²) in [6, 6.07) is 0.000556. The van der Waals surface area contributed by atoms with Gasteiger partial charge >= 0.3 is 0 Å². The average Bonchev–Trinajstić information content (AvgIpc) is 2.73. The van der Waals surface area contributed by atoms with E-state index < -0.39 is 0 Å². The second-order valence-electron chi connectivity index (χ2n) is 4.88. The number of thioether (sulfide) groups is 1. The van der Waals surface area contributed by atoms with Gasteiger partial charge in [-0.15, -0.1) is 0 Å². The molecule has 1 amide bonds. The Morgan fingerprint density at radius 1 is 1.19 bits per heavy atom. The maximum absolute atomic E-state index is 11.9. The van der Waals surface area contributed by atoms with Gasteiger partial charge in [-0.25, -0.2) is 0 Å². The van der Waals surface area contributed by atoms with Crippen LogP contribution in [-0.4, -0.2) is 34.7 Å². The van der Waals surface area contributed by atoms with Gasteiger partial charge in [-0.1, -0.05) is 19.3 Å². The minimum Gasteiger partial charge on any atom is -0.391 e. The topological polar surface area (TPSA) is 49.3 Å². The molecular weight excluding hydrogens is 222 g/mol. The molecule has 2 rings (SSSR count). The second-order valence-corrected chi connectivity index (χ2v) is 6.03. The molecule has 0 radical (unpaired) electrons. The lowest BCUT2D eigenvalue weighted by molar-refractivity contribution is -0.125. The van der Waals surface area contributed by atoms with E-state index in [9.17, 15) is 9.90 Å². The van der Waals surface area contributed by atoms with Crippen LogP contribution in [0, 0.1) is 5.92 Å². The first-order valence-corrected chi connectivity index (χ1v) is 7.49. The third-order valence-corrected chi connectivity index (χ3v) is 4.77. The Labute approximate surface area is 101 Å². The van der Waals surface area contributed by atoms with Gasteiger partial charge in [0.1, 0.15) is 0 Å². The van der Waals surface area contributed by atoms with E-state index >= 15 is 0 Å². The number of nitrogens with one attached hydrogen (secondary N) is 1. The summed E-state index contributed by atoms with van der Waals surface area (Å²) < 4.78 is 0. The van der Waals surface area contributed by atoms with E-state index in [1.165, 1.54) is 6.42 Å². The maximum Gasteiger partial charge on any atom is 0.224 e. The summed E-state index contributed by atoms with van der Waals surface area (Å²) in [6.45, 7) is 0.